The zero-order valence-corrected chi connectivity index (χ0v) is 11.0. The second kappa shape index (κ2) is 4.07. The van der Waals surface area contributed by atoms with Crippen molar-refractivity contribution in [2.45, 2.75) is 46.1 Å². The van der Waals surface area contributed by atoms with Crippen molar-refractivity contribution in [1.82, 2.24) is 4.90 Å². The number of rotatable bonds is 5. The van der Waals surface area contributed by atoms with E-state index in [0.717, 1.165) is 6.42 Å². The average molecular weight is 253 g/mol. The highest BCUT2D eigenvalue weighted by atomic mass is 16.4. The molecule has 2 aliphatic rings. The van der Waals surface area contributed by atoms with Crippen LogP contribution in [-0.2, 0) is 14.4 Å². The number of aliphatic carboxylic acids is 1. The monoisotopic (exact) mass is 253 g/mol. The van der Waals surface area contributed by atoms with E-state index in [1.54, 1.807) is 0 Å². The molecule has 0 spiro atoms. The van der Waals surface area contributed by atoms with Gasteiger partial charge in [0.25, 0.3) is 0 Å². The molecule has 2 rings (SSSR count). The normalized spacial score (nSPS) is 30.3. The van der Waals surface area contributed by atoms with E-state index in [-0.39, 0.29) is 35.5 Å². The van der Waals surface area contributed by atoms with Gasteiger partial charge in [-0.25, -0.2) is 0 Å². The highest BCUT2D eigenvalue weighted by Crippen LogP contribution is 2.63. The molecule has 1 aliphatic carbocycles. The number of carboxylic acid groups (broad SMARTS) is 1. The molecule has 1 N–H and O–H groups in total. The number of hydrogen-bond acceptors (Lipinski definition) is 3. The van der Waals surface area contributed by atoms with Crippen molar-refractivity contribution in [2.24, 2.45) is 17.3 Å². The molecule has 0 aromatic heterocycles. The number of likely N-dealkylation sites (tertiary alicyclic amines) is 1. The Kier molecular flexibility index (Phi) is 2.95. The summed E-state index contributed by atoms with van der Waals surface area (Å²) in [6.45, 7) is 5.76. The van der Waals surface area contributed by atoms with E-state index in [9.17, 15) is 14.4 Å². The van der Waals surface area contributed by atoms with Gasteiger partial charge < -0.3 is 5.11 Å². The van der Waals surface area contributed by atoms with Crippen LogP contribution in [0.25, 0.3) is 0 Å². The largest absolute Gasteiger partial charge is 0.481 e. The first-order valence-corrected chi connectivity index (χ1v) is 6.41. The average Bonchev–Trinajstić information content (AvgIpc) is 2.68. The summed E-state index contributed by atoms with van der Waals surface area (Å²) in [6.07, 6.45) is 1.17. The highest BCUT2D eigenvalue weighted by molar-refractivity contribution is 6.10. The van der Waals surface area contributed by atoms with Crippen LogP contribution >= 0.6 is 0 Å². The van der Waals surface area contributed by atoms with Crippen molar-refractivity contribution in [2.75, 3.05) is 0 Å². The van der Waals surface area contributed by atoms with Crippen LogP contribution in [0.1, 0.15) is 40.0 Å². The third-order valence-electron chi connectivity index (χ3n) is 4.23. The van der Waals surface area contributed by atoms with Crippen LogP contribution in [0, 0.1) is 17.3 Å². The van der Waals surface area contributed by atoms with Crippen LogP contribution in [0.2, 0.25) is 0 Å². The predicted octanol–water partition coefficient (Wildman–Crippen LogP) is 1.27. The Hall–Kier alpha value is -1.39. The Morgan fingerprint density at radius 1 is 1.33 bits per heavy atom. The first-order chi connectivity index (χ1) is 8.32. The standard InChI is InChI=1S/C13H19NO4/c1-4-5-7(6-8(15)16)14-11(17)9-10(12(14)18)13(9,2)3/h7,9-10H,4-6H2,1-3H3,(H,15,16). The molecule has 2 fully saturated rings. The molecule has 3 unspecified atom stereocenters. The lowest BCUT2D eigenvalue weighted by Crippen LogP contribution is -2.44. The molecule has 1 saturated heterocycles. The maximum absolute atomic E-state index is 12.2. The number of hydrogen-bond donors (Lipinski definition) is 1. The lowest BCUT2D eigenvalue weighted by atomic mass is 10.0. The van der Waals surface area contributed by atoms with Crippen molar-refractivity contribution >= 4 is 17.8 Å². The summed E-state index contributed by atoms with van der Waals surface area (Å²) in [5.41, 5.74) is -0.231. The van der Waals surface area contributed by atoms with Crippen LogP contribution in [-0.4, -0.2) is 33.8 Å². The van der Waals surface area contributed by atoms with Gasteiger partial charge in [-0.15, -0.1) is 0 Å². The van der Waals surface area contributed by atoms with Gasteiger partial charge in [-0.3, -0.25) is 19.3 Å². The molecule has 5 heteroatoms. The molecule has 2 amide bonds. The zero-order valence-electron chi connectivity index (χ0n) is 11.0. The topological polar surface area (TPSA) is 74.7 Å². The summed E-state index contributed by atoms with van der Waals surface area (Å²) in [4.78, 5) is 36.4. The van der Waals surface area contributed by atoms with Gasteiger partial charge >= 0.3 is 5.97 Å². The molecule has 1 aliphatic heterocycles. The lowest BCUT2D eigenvalue weighted by molar-refractivity contribution is -0.148. The van der Waals surface area contributed by atoms with E-state index in [1.165, 1.54) is 4.90 Å². The van der Waals surface area contributed by atoms with E-state index in [1.807, 2.05) is 20.8 Å². The van der Waals surface area contributed by atoms with E-state index in [0.29, 0.717) is 6.42 Å². The minimum absolute atomic E-state index is 0.148. The van der Waals surface area contributed by atoms with Crippen molar-refractivity contribution in [3.05, 3.63) is 0 Å². The molecule has 0 aromatic carbocycles. The summed E-state index contributed by atoms with van der Waals surface area (Å²) < 4.78 is 0. The maximum atomic E-state index is 12.2. The van der Waals surface area contributed by atoms with E-state index in [2.05, 4.69) is 0 Å². The summed E-state index contributed by atoms with van der Waals surface area (Å²) in [5.74, 6) is -1.76. The SMILES string of the molecule is CCCC(CC(=O)O)N1C(=O)C2C(C1=O)C2(C)C. The first-order valence-electron chi connectivity index (χ1n) is 6.41. The van der Waals surface area contributed by atoms with Crippen LogP contribution in [0.5, 0.6) is 0 Å². The Morgan fingerprint density at radius 2 is 1.83 bits per heavy atom. The molecule has 5 nitrogen and oxygen atoms in total. The minimum atomic E-state index is -0.964. The first kappa shape index (κ1) is 13.1. The highest BCUT2D eigenvalue weighted by Gasteiger charge is 2.73. The second-order valence-electron chi connectivity index (χ2n) is 5.86. The Labute approximate surface area is 106 Å². The molecule has 3 atom stereocenters. The third kappa shape index (κ3) is 1.72. The number of piperidine rings is 1. The zero-order chi connectivity index (χ0) is 13.7. The van der Waals surface area contributed by atoms with Gasteiger partial charge in [-0.05, 0) is 11.8 Å². The molecule has 0 aromatic rings. The van der Waals surface area contributed by atoms with E-state index >= 15 is 0 Å². The maximum Gasteiger partial charge on any atom is 0.305 e. The molecule has 0 bridgehead atoms. The molecule has 18 heavy (non-hydrogen) atoms. The number of carboxylic acids is 1. The Bertz CT molecular complexity index is 391. The second-order valence-corrected chi connectivity index (χ2v) is 5.86. The molecule has 100 valence electrons. The summed E-state index contributed by atoms with van der Waals surface area (Å²) in [7, 11) is 0. The molecule has 0 radical (unpaired) electrons. The van der Waals surface area contributed by atoms with Crippen LogP contribution in [0.15, 0.2) is 0 Å². The summed E-state index contributed by atoms with van der Waals surface area (Å²) in [5, 5.41) is 8.87. The minimum Gasteiger partial charge on any atom is -0.481 e. The molecule has 1 saturated carbocycles. The smallest absolute Gasteiger partial charge is 0.305 e. The van der Waals surface area contributed by atoms with E-state index in [4.69, 9.17) is 5.11 Å². The van der Waals surface area contributed by atoms with Gasteiger partial charge in [0.1, 0.15) is 0 Å². The van der Waals surface area contributed by atoms with Gasteiger partial charge in [-0.1, -0.05) is 27.2 Å². The van der Waals surface area contributed by atoms with Crippen molar-refractivity contribution in [1.29, 1.82) is 0 Å². The number of carbonyl (C=O) groups excluding carboxylic acids is 2. The van der Waals surface area contributed by atoms with Gasteiger partial charge in [0.2, 0.25) is 11.8 Å². The number of fused-ring (bicyclic) bond motifs is 1. The number of imide groups is 1. The van der Waals surface area contributed by atoms with Crippen molar-refractivity contribution in [3.8, 4) is 0 Å². The lowest BCUT2D eigenvalue weighted by Gasteiger charge is -2.28. The van der Waals surface area contributed by atoms with Crippen LogP contribution in [0.4, 0.5) is 0 Å². The van der Waals surface area contributed by atoms with Crippen LogP contribution < -0.4 is 0 Å². The van der Waals surface area contributed by atoms with Crippen molar-refractivity contribution in [3.63, 3.8) is 0 Å². The summed E-state index contributed by atoms with van der Waals surface area (Å²) >= 11 is 0. The Balaban J connectivity index is 2.16. The van der Waals surface area contributed by atoms with Crippen molar-refractivity contribution < 1.29 is 19.5 Å². The summed E-state index contributed by atoms with van der Waals surface area (Å²) in [6, 6.07) is -0.476. The Morgan fingerprint density at radius 3 is 2.22 bits per heavy atom. The third-order valence-corrected chi connectivity index (χ3v) is 4.23. The quantitative estimate of drug-likeness (QED) is 0.749. The molecular weight excluding hydrogens is 234 g/mol. The number of carbonyl (C=O) groups is 3. The fourth-order valence-corrected chi connectivity index (χ4v) is 3.18. The number of amides is 2. The van der Waals surface area contributed by atoms with Gasteiger partial charge in [0, 0.05) is 0 Å². The van der Waals surface area contributed by atoms with Gasteiger partial charge in [-0.2, -0.15) is 0 Å². The fraction of sp³-hybridized carbons (Fsp3) is 0.769. The molecule has 1 heterocycles. The van der Waals surface area contributed by atoms with Crippen LogP contribution in [0.3, 0.4) is 0 Å². The van der Waals surface area contributed by atoms with E-state index < -0.39 is 12.0 Å². The number of nitrogens with zero attached hydrogens (tertiary/aromatic N) is 1. The van der Waals surface area contributed by atoms with Gasteiger partial charge in [0.05, 0.1) is 24.3 Å². The predicted molar refractivity (Wildman–Crippen MR) is 63.6 cm³/mol. The fourth-order valence-electron chi connectivity index (χ4n) is 3.18. The van der Waals surface area contributed by atoms with Gasteiger partial charge in [0.15, 0.2) is 0 Å². The molecular formula is C13H19NO4.